The van der Waals surface area contributed by atoms with Crippen molar-refractivity contribution in [2.75, 3.05) is 0 Å². The quantitative estimate of drug-likeness (QED) is 0.767. The monoisotopic (exact) mass is 356 g/mol. The molecule has 2 heterocycles. The number of amides is 1. The van der Waals surface area contributed by atoms with Gasteiger partial charge in [-0.3, -0.25) is 4.79 Å². The number of hydrogen-bond acceptors (Lipinski definition) is 4. The Morgan fingerprint density at radius 1 is 1.27 bits per heavy atom. The van der Waals surface area contributed by atoms with Crippen molar-refractivity contribution in [2.45, 2.75) is 76.4 Å². The second kappa shape index (κ2) is 6.65. The summed E-state index contributed by atoms with van der Waals surface area (Å²) in [6, 6.07) is -0.264. The van der Waals surface area contributed by atoms with Crippen molar-refractivity contribution >= 4 is 17.1 Å². The number of nitrogens with one attached hydrogen (secondary N) is 2. The Balaban J connectivity index is 1.59. The van der Waals surface area contributed by atoms with Crippen LogP contribution in [0.4, 0.5) is 0 Å². The normalized spacial score (nSPS) is 20.3. The average Bonchev–Trinajstić information content (AvgIpc) is 3.38. The zero-order chi connectivity index (χ0) is 18.3. The van der Waals surface area contributed by atoms with Crippen LogP contribution in [0.25, 0.3) is 11.2 Å². The van der Waals surface area contributed by atoms with Gasteiger partial charge in [-0.2, -0.15) is 0 Å². The summed E-state index contributed by atoms with van der Waals surface area (Å²) in [6.07, 6.45) is 11.4. The highest BCUT2D eigenvalue weighted by Crippen LogP contribution is 2.39. The van der Waals surface area contributed by atoms with E-state index in [1.54, 1.807) is 26.2 Å². The predicted molar refractivity (Wildman–Crippen MR) is 100.0 cm³/mol. The summed E-state index contributed by atoms with van der Waals surface area (Å²) in [7, 11) is 0. The summed E-state index contributed by atoms with van der Waals surface area (Å²) in [5.41, 5.74) is 1.79. The van der Waals surface area contributed by atoms with Gasteiger partial charge in [0, 0.05) is 12.1 Å². The van der Waals surface area contributed by atoms with E-state index in [2.05, 4.69) is 20.3 Å². The van der Waals surface area contributed by atoms with E-state index in [1.807, 2.05) is 0 Å². The molecular weight excluding hydrogens is 328 g/mol. The molecule has 3 N–H and O–H groups in total. The molecule has 0 saturated heterocycles. The first kappa shape index (κ1) is 17.5. The molecule has 2 aliphatic rings. The molecule has 1 unspecified atom stereocenters. The molecule has 0 aliphatic heterocycles. The van der Waals surface area contributed by atoms with Gasteiger partial charge >= 0.3 is 0 Å². The number of fused-ring (bicyclic) bond motifs is 1. The van der Waals surface area contributed by atoms with Gasteiger partial charge < -0.3 is 15.4 Å². The molecule has 0 aromatic carbocycles. The molecular formula is C20H28N4O2. The maximum absolute atomic E-state index is 13.0. The fourth-order valence-electron chi connectivity index (χ4n) is 4.21. The average molecular weight is 356 g/mol. The zero-order valence-electron chi connectivity index (χ0n) is 15.6. The van der Waals surface area contributed by atoms with Gasteiger partial charge in [0.15, 0.2) is 5.65 Å². The van der Waals surface area contributed by atoms with Crippen LogP contribution < -0.4 is 5.32 Å². The van der Waals surface area contributed by atoms with Crippen LogP contribution in [0.2, 0.25) is 0 Å². The molecule has 0 radical (unpaired) electrons. The Morgan fingerprint density at radius 3 is 2.65 bits per heavy atom. The summed E-state index contributed by atoms with van der Waals surface area (Å²) in [5.74, 6) is 0.617. The standard InChI is InChI=1S/C20H28N4O2/c1-20(2,26)17(13-6-4-3-5-7-13)24-19(25)14-10-21-18-16(14)23-15(11-22-18)12-8-9-12/h10-13,17,26H,3-9H2,1-2H3,(H,21,22)(H,24,25). The molecule has 0 spiro atoms. The maximum Gasteiger partial charge on any atom is 0.255 e. The Hall–Kier alpha value is -1.95. The van der Waals surface area contributed by atoms with Crippen LogP contribution in [0.5, 0.6) is 0 Å². The van der Waals surface area contributed by atoms with E-state index < -0.39 is 5.60 Å². The van der Waals surface area contributed by atoms with Crippen molar-refractivity contribution in [3.8, 4) is 0 Å². The fraction of sp³-hybridized carbons (Fsp3) is 0.650. The van der Waals surface area contributed by atoms with Gasteiger partial charge in [0.1, 0.15) is 5.52 Å². The number of aliphatic hydroxyl groups is 1. The van der Waals surface area contributed by atoms with Gasteiger partial charge in [-0.15, -0.1) is 0 Å². The van der Waals surface area contributed by atoms with E-state index in [0.29, 0.717) is 28.6 Å². The molecule has 1 amide bonds. The van der Waals surface area contributed by atoms with Crippen molar-refractivity contribution in [2.24, 2.45) is 5.92 Å². The number of H-pyrrole nitrogens is 1. The van der Waals surface area contributed by atoms with Gasteiger partial charge in [0.2, 0.25) is 0 Å². The number of carbonyl (C=O) groups is 1. The van der Waals surface area contributed by atoms with Gasteiger partial charge in [0.25, 0.3) is 5.91 Å². The second-order valence-corrected chi connectivity index (χ2v) is 8.47. The summed E-state index contributed by atoms with van der Waals surface area (Å²) in [5, 5.41) is 13.8. The van der Waals surface area contributed by atoms with Crippen molar-refractivity contribution in [1.82, 2.24) is 20.3 Å². The topological polar surface area (TPSA) is 90.9 Å². The van der Waals surface area contributed by atoms with Crippen LogP contribution in [-0.4, -0.2) is 37.6 Å². The largest absolute Gasteiger partial charge is 0.388 e. The highest BCUT2D eigenvalue weighted by atomic mass is 16.3. The molecule has 2 fully saturated rings. The lowest BCUT2D eigenvalue weighted by atomic mass is 9.77. The predicted octanol–water partition coefficient (Wildman–Crippen LogP) is 3.28. The number of aromatic nitrogens is 3. The van der Waals surface area contributed by atoms with Crippen LogP contribution in [0.1, 0.15) is 80.8 Å². The van der Waals surface area contributed by atoms with Crippen molar-refractivity contribution < 1.29 is 9.90 Å². The van der Waals surface area contributed by atoms with Crippen LogP contribution >= 0.6 is 0 Å². The fourth-order valence-corrected chi connectivity index (χ4v) is 4.21. The summed E-state index contributed by atoms with van der Waals surface area (Å²) in [4.78, 5) is 25.2. The summed E-state index contributed by atoms with van der Waals surface area (Å²) in [6.45, 7) is 3.57. The number of rotatable bonds is 5. The molecule has 26 heavy (non-hydrogen) atoms. The van der Waals surface area contributed by atoms with E-state index in [9.17, 15) is 9.90 Å². The number of hydrogen-bond donors (Lipinski definition) is 3. The smallest absolute Gasteiger partial charge is 0.255 e. The molecule has 4 rings (SSSR count). The van der Waals surface area contributed by atoms with E-state index in [4.69, 9.17) is 0 Å². The highest BCUT2D eigenvalue weighted by molar-refractivity contribution is 6.04. The lowest BCUT2D eigenvalue weighted by Crippen LogP contribution is -2.53. The molecule has 6 heteroatoms. The van der Waals surface area contributed by atoms with Crippen molar-refractivity contribution in [1.29, 1.82) is 0 Å². The third-order valence-corrected chi connectivity index (χ3v) is 5.81. The molecule has 2 saturated carbocycles. The number of nitrogens with zero attached hydrogens (tertiary/aromatic N) is 2. The van der Waals surface area contributed by atoms with Gasteiger partial charge in [-0.1, -0.05) is 19.3 Å². The van der Waals surface area contributed by atoms with Crippen molar-refractivity contribution in [3.05, 3.63) is 23.7 Å². The van der Waals surface area contributed by atoms with E-state index in [1.165, 1.54) is 6.42 Å². The molecule has 2 aromatic heterocycles. The Bertz CT molecular complexity index is 798. The number of aromatic amines is 1. The van der Waals surface area contributed by atoms with Gasteiger partial charge in [-0.05, 0) is 45.4 Å². The van der Waals surface area contributed by atoms with Gasteiger partial charge in [0.05, 0.1) is 29.1 Å². The minimum absolute atomic E-state index is 0.184. The molecule has 0 bridgehead atoms. The van der Waals surface area contributed by atoms with Crippen LogP contribution in [0, 0.1) is 5.92 Å². The molecule has 6 nitrogen and oxygen atoms in total. The second-order valence-electron chi connectivity index (χ2n) is 8.47. The molecule has 2 aliphatic carbocycles. The highest BCUT2D eigenvalue weighted by Gasteiger charge is 2.36. The van der Waals surface area contributed by atoms with Crippen molar-refractivity contribution in [3.63, 3.8) is 0 Å². The minimum atomic E-state index is -0.964. The van der Waals surface area contributed by atoms with E-state index in [0.717, 1.165) is 44.2 Å². The third-order valence-electron chi connectivity index (χ3n) is 5.81. The first-order valence-electron chi connectivity index (χ1n) is 9.81. The first-order chi connectivity index (χ1) is 12.4. The number of carbonyl (C=O) groups excluding carboxylic acids is 1. The summed E-state index contributed by atoms with van der Waals surface area (Å²) < 4.78 is 0. The lowest BCUT2D eigenvalue weighted by Gasteiger charge is -2.38. The van der Waals surface area contributed by atoms with Crippen LogP contribution in [0.15, 0.2) is 12.4 Å². The molecule has 1 atom stereocenters. The molecule has 2 aromatic rings. The van der Waals surface area contributed by atoms with Gasteiger partial charge in [-0.25, -0.2) is 9.97 Å². The molecule has 140 valence electrons. The van der Waals surface area contributed by atoms with Crippen LogP contribution in [0.3, 0.4) is 0 Å². The first-order valence-corrected chi connectivity index (χ1v) is 9.81. The Morgan fingerprint density at radius 2 is 2.00 bits per heavy atom. The summed E-state index contributed by atoms with van der Waals surface area (Å²) >= 11 is 0. The van der Waals surface area contributed by atoms with Crippen LogP contribution in [-0.2, 0) is 0 Å². The van der Waals surface area contributed by atoms with E-state index >= 15 is 0 Å². The van der Waals surface area contributed by atoms with E-state index in [-0.39, 0.29) is 11.9 Å². The zero-order valence-corrected chi connectivity index (χ0v) is 15.6. The maximum atomic E-state index is 13.0. The Kier molecular flexibility index (Phi) is 4.47. The minimum Gasteiger partial charge on any atom is -0.388 e. The lowest BCUT2D eigenvalue weighted by molar-refractivity contribution is 0.00694. The Labute approximate surface area is 153 Å². The third kappa shape index (κ3) is 3.47. The SMILES string of the molecule is CC(C)(O)C(NC(=O)c1c[nH]c2ncc(C3CC3)nc12)C1CCCCC1.